The molecule has 30 heavy (non-hydrogen) atoms. The Hall–Kier alpha value is -3.12. The Bertz CT molecular complexity index is 945. The number of carbonyl (C=O) groups is 1. The summed E-state index contributed by atoms with van der Waals surface area (Å²) >= 11 is 0. The number of hydrogen-bond donors (Lipinski definition) is 2. The van der Waals surface area contributed by atoms with Gasteiger partial charge in [-0.1, -0.05) is 30.3 Å². The molecule has 0 bridgehead atoms. The largest absolute Gasteiger partial charge is 0.494 e. The molecule has 0 atom stereocenters. The molecule has 2 heterocycles. The SMILES string of the molecule is CCOc1ccc(-c2cc(C(=O)NC3CCN(Cc4ccccc4)CC3)[nH]n2)cc1. The predicted molar refractivity (Wildman–Crippen MR) is 117 cm³/mol. The first kappa shape index (κ1) is 20.2. The first-order valence-corrected chi connectivity index (χ1v) is 10.6. The lowest BCUT2D eigenvalue weighted by molar-refractivity contribution is 0.0904. The zero-order chi connectivity index (χ0) is 20.8. The van der Waals surface area contributed by atoms with Crippen LogP contribution in [0.4, 0.5) is 0 Å². The van der Waals surface area contributed by atoms with E-state index in [2.05, 4.69) is 44.7 Å². The molecule has 2 N–H and O–H groups in total. The molecule has 1 saturated heterocycles. The minimum Gasteiger partial charge on any atom is -0.494 e. The maximum Gasteiger partial charge on any atom is 0.269 e. The van der Waals surface area contributed by atoms with E-state index in [1.165, 1.54) is 5.56 Å². The monoisotopic (exact) mass is 404 g/mol. The van der Waals surface area contributed by atoms with Gasteiger partial charge in [0.2, 0.25) is 0 Å². The fourth-order valence-electron chi connectivity index (χ4n) is 3.81. The molecule has 3 aromatic rings. The van der Waals surface area contributed by atoms with Gasteiger partial charge in [0, 0.05) is 31.2 Å². The zero-order valence-corrected chi connectivity index (χ0v) is 17.3. The first-order chi connectivity index (χ1) is 14.7. The number of aromatic amines is 1. The van der Waals surface area contributed by atoms with Crippen LogP contribution >= 0.6 is 0 Å². The molecule has 1 aromatic heterocycles. The van der Waals surface area contributed by atoms with Crippen LogP contribution in [0.25, 0.3) is 11.3 Å². The number of rotatable bonds is 7. The summed E-state index contributed by atoms with van der Waals surface area (Å²) in [4.78, 5) is 15.1. The van der Waals surface area contributed by atoms with Crippen LogP contribution in [0, 0.1) is 0 Å². The molecule has 0 spiro atoms. The average Bonchev–Trinajstić information content (AvgIpc) is 3.27. The Morgan fingerprint density at radius 1 is 1.13 bits per heavy atom. The van der Waals surface area contributed by atoms with E-state index in [1.807, 2.05) is 37.3 Å². The summed E-state index contributed by atoms with van der Waals surface area (Å²) in [7, 11) is 0. The lowest BCUT2D eigenvalue weighted by Crippen LogP contribution is -2.44. The fourth-order valence-corrected chi connectivity index (χ4v) is 3.81. The van der Waals surface area contributed by atoms with Crippen molar-refractivity contribution in [3.05, 3.63) is 71.9 Å². The van der Waals surface area contributed by atoms with E-state index >= 15 is 0 Å². The summed E-state index contributed by atoms with van der Waals surface area (Å²) in [6.07, 6.45) is 1.91. The van der Waals surface area contributed by atoms with Crippen molar-refractivity contribution >= 4 is 5.91 Å². The highest BCUT2D eigenvalue weighted by Crippen LogP contribution is 2.21. The number of likely N-dealkylation sites (tertiary alicyclic amines) is 1. The van der Waals surface area contributed by atoms with E-state index in [-0.39, 0.29) is 11.9 Å². The van der Waals surface area contributed by atoms with Gasteiger partial charge >= 0.3 is 0 Å². The second kappa shape index (κ2) is 9.59. The van der Waals surface area contributed by atoms with Crippen molar-refractivity contribution in [2.45, 2.75) is 32.4 Å². The molecular formula is C24H28N4O2. The highest BCUT2D eigenvalue weighted by molar-refractivity contribution is 5.93. The zero-order valence-electron chi connectivity index (χ0n) is 17.3. The number of H-pyrrole nitrogens is 1. The smallest absolute Gasteiger partial charge is 0.269 e. The molecule has 6 heteroatoms. The molecule has 2 aromatic carbocycles. The number of benzene rings is 2. The van der Waals surface area contributed by atoms with Crippen molar-refractivity contribution in [2.24, 2.45) is 0 Å². The number of carbonyl (C=O) groups excluding carboxylic acids is 1. The van der Waals surface area contributed by atoms with Crippen molar-refractivity contribution in [1.29, 1.82) is 0 Å². The number of aromatic nitrogens is 2. The maximum atomic E-state index is 12.7. The van der Waals surface area contributed by atoms with E-state index in [1.54, 1.807) is 6.07 Å². The van der Waals surface area contributed by atoms with Crippen LogP contribution in [-0.2, 0) is 6.54 Å². The topological polar surface area (TPSA) is 70.2 Å². The molecule has 1 fully saturated rings. The van der Waals surface area contributed by atoms with Crippen molar-refractivity contribution in [1.82, 2.24) is 20.4 Å². The number of nitrogens with one attached hydrogen (secondary N) is 2. The van der Waals surface area contributed by atoms with Gasteiger partial charge in [0.1, 0.15) is 11.4 Å². The molecule has 4 rings (SSSR count). The highest BCUT2D eigenvalue weighted by atomic mass is 16.5. The minimum absolute atomic E-state index is 0.0961. The number of nitrogens with zero attached hydrogens (tertiary/aromatic N) is 2. The molecule has 156 valence electrons. The van der Waals surface area contributed by atoms with Crippen molar-refractivity contribution in [3.63, 3.8) is 0 Å². The van der Waals surface area contributed by atoms with Crippen molar-refractivity contribution in [2.75, 3.05) is 19.7 Å². The average molecular weight is 405 g/mol. The van der Waals surface area contributed by atoms with Crippen LogP contribution in [-0.4, -0.2) is 46.7 Å². The van der Waals surface area contributed by atoms with E-state index in [4.69, 9.17) is 4.74 Å². The van der Waals surface area contributed by atoms with Crippen LogP contribution in [0.2, 0.25) is 0 Å². The van der Waals surface area contributed by atoms with Gasteiger partial charge in [-0.05, 0) is 55.7 Å². The fraction of sp³-hybridized carbons (Fsp3) is 0.333. The van der Waals surface area contributed by atoms with Crippen LogP contribution < -0.4 is 10.1 Å². The third-order valence-corrected chi connectivity index (χ3v) is 5.46. The van der Waals surface area contributed by atoms with Gasteiger partial charge in [-0.25, -0.2) is 0 Å². The van der Waals surface area contributed by atoms with Crippen molar-refractivity contribution < 1.29 is 9.53 Å². The minimum atomic E-state index is -0.0961. The van der Waals surface area contributed by atoms with Crippen molar-refractivity contribution in [3.8, 4) is 17.0 Å². The summed E-state index contributed by atoms with van der Waals surface area (Å²) in [6.45, 7) is 5.53. The lowest BCUT2D eigenvalue weighted by Gasteiger charge is -2.32. The van der Waals surface area contributed by atoms with E-state index < -0.39 is 0 Å². The van der Waals surface area contributed by atoms with Crippen LogP contribution in [0.3, 0.4) is 0 Å². The second-order valence-corrected chi connectivity index (χ2v) is 7.63. The quantitative estimate of drug-likeness (QED) is 0.627. The Kier molecular flexibility index (Phi) is 6.44. The number of amides is 1. The Labute approximate surface area is 177 Å². The normalized spacial score (nSPS) is 15.1. The molecule has 1 amide bonds. The first-order valence-electron chi connectivity index (χ1n) is 10.6. The molecule has 1 aliphatic heterocycles. The van der Waals surface area contributed by atoms with Gasteiger partial charge in [-0.3, -0.25) is 14.8 Å². The number of ether oxygens (including phenoxy) is 1. The molecule has 0 unspecified atom stereocenters. The number of hydrogen-bond acceptors (Lipinski definition) is 4. The Morgan fingerprint density at radius 2 is 1.87 bits per heavy atom. The Morgan fingerprint density at radius 3 is 2.57 bits per heavy atom. The summed E-state index contributed by atoms with van der Waals surface area (Å²) in [5, 5.41) is 10.3. The molecule has 1 aliphatic rings. The van der Waals surface area contributed by atoms with Gasteiger partial charge in [-0.2, -0.15) is 5.10 Å². The van der Waals surface area contributed by atoms with Gasteiger partial charge in [0.15, 0.2) is 0 Å². The summed E-state index contributed by atoms with van der Waals surface area (Å²) in [5.41, 5.74) is 3.52. The standard InChI is InChI=1S/C24H28N4O2/c1-2-30-21-10-8-19(9-11-21)22-16-23(27-26-22)24(29)25-20-12-14-28(15-13-20)17-18-6-4-3-5-7-18/h3-11,16,20H,2,12-15,17H2,1H3,(H,25,29)(H,26,27). The molecule has 0 saturated carbocycles. The van der Waals surface area contributed by atoms with E-state index in [0.717, 1.165) is 49.5 Å². The summed E-state index contributed by atoms with van der Waals surface area (Å²) < 4.78 is 5.47. The summed E-state index contributed by atoms with van der Waals surface area (Å²) in [5.74, 6) is 0.731. The van der Waals surface area contributed by atoms with Crippen LogP contribution in [0.15, 0.2) is 60.7 Å². The lowest BCUT2D eigenvalue weighted by atomic mass is 10.0. The van der Waals surface area contributed by atoms with Gasteiger partial charge in [0.05, 0.1) is 12.3 Å². The third-order valence-electron chi connectivity index (χ3n) is 5.46. The predicted octanol–water partition coefficient (Wildman–Crippen LogP) is 3.87. The Balaban J connectivity index is 1.28. The van der Waals surface area contributed by atoms with Gasteiger partial charge in [-0.15, -0.1) is 0 Å². The highest BCUT2D eigenvalue weighted by Gasteiger charge is 2.22. The summed E-state index contributed by atoms with van der Waals surface area (Å²) in [6, 6.07) is 20.2. The molecule has 6 nitrogen and oxygen atoms in total. The molecular weight excluding hydrogens is 376 g/mol. The van der Waals surface area contributed by atoms with Gasteiger partial charge < -0.3 is 10.1 Å². The molecule has 0 radical (unpaired) electrons. The van der Waals surface area contributed by atoms with Crippen LogP contribution in [0.5, 0.6) is 5.75 Å². The van der Waals surface area contributed by atoms with E-state index in [9.17, 15) is 4.79 Å². The maximum absolute atomic E-state index is 12.7. The van der Waals surface area contributed by atoms with Gasteiger partial charge in [0.25, 0.3) is 5.91 Å². The van der Waals surface area contributed by atoms with Crippen LogP contribution in [0.1, 0.15) is 35.8 Å². The van der Waals surface area contributed by atoms with E-state index in [0.29, 0.717) is 12.3 Å². The number of piperidine rings is 1. The molecule has 0 aliphatic carbocycles. The third kappa shape index (κ3) is 5.07. The second-order valence-electron chi connectivity index (χ2n) is 7.63.